The number of hydrogen-bond donors (Lipinski definition) is 2. The summed E-state index contributed by atoms with van der Waals surface area (Å²) in [5.41, 5.74) is 0.0610. The maximum absolute atomic E-state index is 11.6. The van der Waals surface area contributed by atoms with E-state index in [-0.39, 0.29) is 17.5 Å². The Bertz CT molecular complexity index is 401. The number of H-pyrrole nitrogens is 1. The maximum atomic E-state index is 11.6. The van der Waals surface area contributed by atoms with Crippen LogP contribution in [0, 0.1) is 0 Å². The average Bonchev–Trinajstić information content (AvgIpc) is 2.23. The summed E-state index contributed by atoms with van der Waals surface area (Å²) in [5, 5.41) is 9.63. The predicted octanol–water partition coefficient (Wildman–Crippen LogP) is 1.53. The van der Waals surface area contributed by atoms with Crippen LogP contribution in [-0.2, 0) is 11.2 Å². The molecule has 0 saturated heterocycles. The van der Waals surface area contributed by atoms with Crippen molar-refractivity contribution in [3.63, 3.8) is 0 Å². The Labute approximate surface area is 94.5 Å². The van der Waals surface area contributed by atoms with Crippen molar-refractivity contribution in [2.45, 2.75) is 39.7 Å². The molecule has 1 heterocycles. The van der Waals surface area contributed by atoms with Crippen molar-refractivity contribution in [2.24, 2.45) is 0 Å². The highest BCUT2D eigenvalue weighted by molar-refractivity contribution is 5.22. The lowest BCUT2D eigenvalue weighted by Gasteiger charge is -2.11. The highest BCUT2D eigenvalue weighted by atomic mass is 16.5. The van der Waals surface area contributed by atoms with Crippen LogP contribution in [0.2, 0.25) is 0 Å². The van der Waals surface area contributed by atoms with Crippen molar-refractivity contribution in [3.8, 4) is 5.88 Å². The van der Waals surface area contributed by atoms with Gasteiger partial charge >= 0.3 is 0 Å². The van der Waals surface area contributed by atoms with Crippen LogP contribution in [0.5, 0.6) is 5.88 Å². The SMILES string of the molecule is CCCc1c(O)nc(C(C)OCC)[nH]c1=O. The third-order valence-electron chi connectivity index (χ3n) is 2.31. The van der Waals surface area contributed by atoms with Gasteiger partial charge in [0.1, 0.15) is 11.9 Å². The van der Waals surface area contributed by atoms with Gasteiger partial charge in [-0.15, -0.1) is 0 Å². The average molecular weight is 226 g/mol. The fraction of sp³-hybridized carbons (Fsp3) is 0.636. The summed E-state index contributed by atoms with van der Waals surface area (Å²) in [7, 11) is 0. The molecule has 0 aliphatic heterocycles. The van der Waals surface area contributed by atoms with E-state index in [2.05, 4.69) is 9.97 Å². The molecule has 0 aliphatic rings. The number of nitrogens with one attached hydrogen (secondary N) is 1. The molecule has 0 fully saturated rings. The van der Waals surface area contributed by atoms with E-state index in [1.165, 1.54) is 0 Å². The molecule has 90 valence electrons. The van der Waals surface area contributed by atoms with Crippen molar-refractivity contribution in [3.05, 3.63) is 21.7 Å². The van der Waals surface area contributed by atoms with Crippen LogP contribution < -0.4 is 5.56 Å². The quantitative estimate of drug-likeness (QED) is 0.798. The summed E-state index contributed by atoms with van der Waals surface area (Å²) in [6.07, 6.45) is 0.996. The molecule has 5 heteroatoms. The second-order valence-corrected chi connectivity index (χ2v) is 3.60. The van der Waals surface area contributed by atoms with Gasteiger partial charge in [0.2, 0.25) is 5.88 Å². The lowest BCUT2D eigenvalue weighted by molar-refractivity contribution is 0.0693. The van der Waals surface area contributed by atoms with Crippen molar-refractivity contribution in [1.82, 2.24) is 9.97 Å². The lowest BCUT2D eigenvalue weighted by Crippen LogP contribution is -2.19. The topological polar surface area (TPSA) is 75.2 Å². The molecule has 0 amide bonds. The van der Waals surface area contributed by atoms with Gasteiger partial charge in [-0.1, -0.05) is 13.3 Å². The first-order chi connectivity index (χ1) is 7.60. The summed E-state index contributed by atoms with van der Waals surface area (Å²) < 4.78 is 5.29. The zero-order valence-electron chi connectivity index (χ0n) is 9.91. The van der Waals surface area contributed by atoms with Gasteiger partial charge in [-0.25, -0.2) is 0 Å². The van der Waals surface area contributed by atoms with Crippen molar-refractivity contribution < 1.29 is 9.84 Å². The first kappa shape index (κ1) is 12.7. The lowest BCUT2D eigenvalue weighted by atomic mass is 10.2. The molecule has 0 radical (unpaired) electrons. The number of aromatic nitrogens is 2. The summed E-state index contributed by atoms with van der Waals surface area (Å²) in [4.78, 5) is 18.2. The molecule has 1 atom stereocenters. The molecule has 0 saturated carbocycles. The zero-order chi connectivity index (χ0) is 12.1. The number of hydrogen-bond acceptors (Lipinski definition) is 4. The van der Waals surface area contributed by atoms with E-state index in [0.29, 0.717) is 24.4 Å². The molecule has 0 spiro atoms. The normalized spacial score (nSPS) is 12.7. The summed E-state index contributed by atoms with van der Waals surface area (Å²) in [5.74, 6) is 0.177. The summed E-state index contributed by atoms with van der Waals surface area (Å²) >= 11 is 0. The number of aromatic amines is 1. The molecule has 16 heavy (non-hydrogen) atoms. The largest absolute Gasteiger partial charge is 0.493 e. The number of aromatic hydroxyl groups is 1. The van der Waals surface area contributed by atoms with E-state index in [9.17, 15) is 9.90 Å². The first-order valence-electron chi connectivity index (χ1n) is 5.53. The van der Waals surface area contributed by atoms with E-state index in [4.69, 9.17) is 4.74 Å². The van der Waals surface area contributed by atoms with E-state index in [1.807, 2.05) is 13.8 Å². The molecule has 0 aromatic carbocycles. The molecule has 1 rings (SSSR count). The fourth-order valence-electron chi connectivity index (χ4n) is 1.50. The predicted molar refractivity (Wildman–Crippen MR) is 60.6 cm³/mol. The fourth-order valence-corrected chi connectivity index (χ4v) is 1.50. The van der Waals surface area contributed by atoms with Gasteiger partial charge in [0, 0.05) is 6.61 Å². The van der Waals surface area contributed by atoms with Crippen LogP contribution in [0.1, 0.15) is 44.7 Å². The minimum atomic E-state index is -0.320. The van der Waals surface area contributed by atoms with Crippen LogP contribution >= 0.6 is 0 Å². The first-order valence-corrected chi connectivity index (χ1v) is 5.53. The smallest absolute Gasteiger partial charge is 0.258 e. The van der Waals surface area contributed by atoms with Crippen LogP contribution in [0.3, 0.4) is 0 Å². The highest BCUT2D eigenvalue weighted by Gasteiger charge is 2.14. The molecule has 1 aromatic heterocycles. The molecule has 2 N–H and O–H groups in total. The minimum absolute atomic E-state index is 0.188. The van der Waals surface area contributed by atoms with Gasteiger partial charge in [0.15, 0.2) is 0 Å². The number of ether oxygens (including phenoxy) is 1. The second kappa shape index (κ2) is 5.65. The number of nitrogens with zero attached hydrogens (tertiary/aromatic N) is 1. The molecule has 5 nitrogen and oxygen atoms in total. The molecular weight excluding hydrogens is 208 g/mol. The van der Waals surface area contributed by atoms with Gasteiger partial charge < -0.3 is 14.8 Å². The zero-order valence-corrected chi connectivity index (χ0v) is 9.91. The Morgan fingerprint density at radius 1 is 1.50 bits per heavy atom. The molecular formula is C11H18N2O3. The Morgan fingerprint density at radius 2 is 2.19 bits per heavy atom. The van der Waals surface area contributed by atoms with E-state index in [0.717, 1.165) is 6.42 Å². The Balaban J connectivity index is 3.04. The Morgan fingerprint density at radius 3 is 2.69 bits per heavy atom. The monoisotopic (exact) mass is 226 g/mol. The third-order valence-corrected chi connectivity index (χ3v) is 2.31. The van der Waals surface area contributed by atoms with Gasteiger partial charge in [-0.3, -0.25) is 4.79 Å². The maximum Gasteiger partial charge on any atom is 0.258 e. The third kappa shape index (κ3) is 2.82. The summed E-state index contributed by atoms with van der Waals surface area (Å²) in [6, 6.07) is 0. The van der Waals surface area contributed by atoms with E-state index < -0.39 is 0 Å². The van der Waals surface area contributed by atoms with Gasteiger partial charge in [-0.2, -0.15) is 4.98 Å². The minimum Gasteiger partial charge on any atom is -0.493 e. The molecule has 0 bridgehead atoms. The molecule has 1 aromatic rings. The Kier molecular flexibility index (Phi) is 4.49. The highest BCUT2D eigenvalue weighted by Crippen LogP contribution is 2.16. The van der Waals surface area contributed by atoms with Gasteiger partial charge in [0.25, 0.3) is 5.56 Å². The van der Waals surface area contributed by atoms with Gasteiger partial charge in [-0.05, 0) is 20.3 Å². The van der Waals surface area contributed by atoms with E-state index >= 15 is 0 Å². The van der Waals surface area contributed by atoms with Crippen molar-refractivity contribution >= 4 is 0 Å². The van der Waals surface area contributed by atoms with Crippen LogP contribution in [0.4, 0.5) is 0 Å². The molecule has 1 unspecified atom stereocenters. The number of rotatable bonds is 5. The Hall–Kier alpha value is -1.36. The standard InChI is InChI=1S/C11H18N2O3/c1-4-6-8-10(14)12-9(13-11(8)15)7(3)16-5-2/h7H,4-6H2,1-3H3,(H2,12,13,14,15). The van der Waals surface area contributed by atoms with E-state index in [1.54, 1.807) is 6.92 Å². The summed E-state index contributed by atoms with van der Waals surface area (Å²) in [6.45, 7) is 6.11. The van der Waals surface area contributed by atoms with Crippen molar-refractivity contribution in [1.29, 1.82) is 0 Å². The van der Waals surface area contributed by atoms with Gasteiger partial charge in [0.05, 0.1) is 5.56 Å². The second-order valence-electron chi connectivity index (χ2n) is 3.60. The molecule has 0 aliphatic carbocycles. The van der Waals surface area contributed by atoms with Crippen LogP contribution in [-0.4, -0.2) is 21.7 Å². The van der Waals surface area contributed by atoms with Crippen LogP contribution in [0.25, 0.3) is 0 Å². The van der Waals surface area contributed by atoms with Crippen molar-refractivity contribution in [2.75, 3.05) is 6.61 Å². The van der Waals surface area contributed by atoms with Crippen LogP contribution in [0.15, 0.2) is 4.79 Å².